The summed E-state index contributed by atoms with van der Waals surface area (Å²) in [5, 5.41) is 13.4. The molecule has 0 bridgehead atoms. The SMILES string of the molecule is Cc1cc(C#N)ccc1-c1nc(CSC(C)C)no1. The molecule has 0 fully saturated rings. The zero-order valence-corrected chi connectivity index (χ0v) is 12.0. The summed E-state index contributed by atoms with van der Waals surface area (Å²) in [4.78, 5) is 4.39. The molecule has 19 heavy (non-hydrogen) atoms. The smallest absolute Gasteiger partial charge is 0.258 e. The number of nitriles is 1. The van der Waals surface area contributed by atoms with Crippen LogP contribution >= 0.6 is 11.8 Å². The Labute approximate surface area is 116 Å². The van der Waals surface area contributed by atoms with Gasteiger partial charge < -0.3 is 4.52 Å². The molecule has 0 aliphatic rings. The number of aromatic nitrogens is 2. The van der Waals surface area contributed by atoms with E-state index in [4.69, 9.17) is 9.78 Å². The second kappa shape index (κ2) is 5.89. The van der Waals surface area contributed by atoms with Crippen molar-refractivity contribution in [2.45, 2.75) is 31.8 Å². The third-order valence-electron chi connectivity index (χ3n) is 2.60. The number of rotatable bonds is 4. The van der Waals surface area contributed by atoms with Gasteiger partial charge in [-0.2, -0.15) is 22.0 Å². The van der Waals surface area contributed by atoms with Crippen molar-refractivity contribution in [3.8, 4) is 17.5 Å². The van der Waals surface area contributed by atoms with E-state index in [2.05, 4.69) is 30.1 Å². The highest BCUT2D eigenvalue weighted by atomic mass is 32.2. The fraction of sp³-hybridized carbons (Fsp3) is 0.357. The van der Waals surface area contributed by atoms with E-state index in [-0.39, 0.29) is 0 Å². The molecule has 98 valence electrons. The van der Waals surface area contributed by atoms with Crippen LogP contribution in [0.1, 0.15) is 30.8 Å². The largest absolute Gasteiger partial charge is 0.334 e. The number of benzene rings is 1. The van der Waals surface area contributed by atoms with E-state index in [0.717, 1.165) is 16.9 Å². The van der Waals surface area contributed by atoms with Gasteiger partial charge in [-0.3, -0.25) is 0 Å². The summed E-state index contributed by atoms with van der Waals surface area (Å²) in [5.74, 6) is 1.97. The van der Waals surface area contributed by atoms with Crippen LogP contribution in [0.5, 0.6) is 0 Å². The maximum atomic E-state index is 8.85. The molecule has 1 heterocycles. The molecule has 0 spiro atoms. The molecular weight excluding hydrogens is 258 g/mol. The number of hydrogen-bond acceptors (Lipinski definition) is 5. The van der Waals surface area contributed by atoms with E-state index in [9.17, 15) is 0 Å². The van der Waals surface area contributed by atoms with Gasteiger partial charge in [0.2, 0.25) is 0 Å². The minimum Gasteiger partial charge on any atom is -0.334 e. The summed E-state index contributed by atoms with van der Waals surface area (Å²) in [6.07, 6.45) is 0. The third kappa shape index (κ3) is 3.36. The fourth-order valence-corrected chi connectivity index (χ4v) is 2.24. The van der Waals surface area contributed by atoms with Crippen LogP contribution < -0.4 is 0 Å². The van der Waals surface area contributed by atoms with Gasteiger partial charge in [0.25, 0.3) is 5.89 Å². The highest BCUT2D eigenvalue weighted by Crippen LogP contribution is 2.24. The molecule has 0 saturated heterocycles. The van der Waals surface area contributed by atoms with Gasteiger partial charge in [0.1, 0.15) is 0 Å². The Hall–Kier alpha value is -1.80. The summed E-state index contributed by atoms with van der Waals surface area (Å²) in [6.45, 7) is 6.20. The van der Waals surface area contributed by atoms with Crippen molar-refractivity contribution in [2.75, 3.05) is 0 Å². The maximum Gasteiger partial charge on any atom is 0.258 e. The van der Waals surface area contributed by atoms with Gasteiger partial charge in [0.05, 0.1) is 17.4 Å². The van der Waals surface area contributed by atoms with Crippen LogP contribution in [-0.4, -0.2) is 15.4 Å². The molecule has 0 radical (unpaired) electrons. The molecule has 4 nitrogen and oxygen atoms in total. The quantitative estimate of drug-likeness (QED) is 0.852. The van der Waals surface area contributed by atoms with E-state index in [1.807, 2.05) is 19.1 Å². The van der Waals surface area contributed by atoms with Crippen molar-refractivity contribution in [1.82, 2.24) is 10.1 Å². The van der Waals surface area contributed by atoms with Crippen molar-refractivity contribution >= 4 is 11.8 Å². The molecule has 0 atom stereocenters. The van der Waals surface area contributed by atoms with Crippen LogP contribution in [0.15, 0.2) is 22.7 Å². The van der Waals surface area contributed by atoms with E-state index in [1.54, 1.807) is 17.8 Å². The second-order valence-electron chi connectivity index (χ2n) is 4.52. The number of nitrogens with zero attached hydrogens (tertiary/aromatic N) is 3. The zero-order valence-electron chi connectivity index (χ0n) is 11.2. The number of aryl methyl sites for hydroxylation is 1. The average Bonchev–Trinajstić information content (AvgIpc) is 2.84. The first-order valence-electron chi connectivity index (χ1n) is 6.05. The van der Waals surface area contributed by atoms with Crippen molar-refractivity contribution in [1.29, 1.82) is 5.26 Å². The van der Waals surface area contributed by atoms with Crippen LogP contribution in [-0.2, 0) is 5.75 Å². The predicted octanol–water partition coefficient (Wildman–Crippen LogP) is 3.56. The molecule has 5 heteroatoms. The molecule has 0 aliphatic carbocycles. The van der Waals surface area contributed by atoms with Crippen molar-refractivity contribution in [3.05, 3.63) is 35.2 Å². The Morgan fingerprint density at radius 1 is 1.42 bits per heavy atom. The predicted molar refractivity (Wildman–Crippen MR) is 75.6 cm³/mol. The number of hydrogen-bond donors (Lipinski definition) is 0. The van der Waals surface area contributed by atoms with Gasteiger partial charge in [-0.1, -0.05) is 19.0 Å². The van der Waals surface area contributed by atoms with Crippen LogP contribution in [0, 0.1) is 18.3 Å². The van der Waals surface area contributed by atoms with Gasteiger partial charge >= 0.3 is 0 Å². The molecule has 1 aromatic carbocycles. The highest BCUT2D eigenvalue weighted by molar-refractivity contribution is 7.99. The van der Waals surface area contributed by atoms with Crippen molar-refractivity contribution < 1.29 is 4.52 Å². The topological polar surface area (TPSA) is 62.7 Å². The molecule has 0 N–H and O–H groups in total. The Bertz CT molecular complexity index is 613. The molecule has 0 unspecified atom stereocenters. The van der Waals surface area contributed by atoms with Crippen molar-refractivity contribution in [3.63, 3.8) is 0 Å². The van der Waals surface area contributed by atoms with Crippen LogP contribution in [0.4, 0.5) is 0 Å². The standard InChI is InChI=1S/C14H15N3OS/c1-9(2)19-8-13-16-14(18-17-13)12-5-4-11(7-15)6-10(12)3/h4-6,9H,8H2,1-3H3. The van der Waals surface area contributed by atoms with Gasteiger partial charge in [-0.15, -0.1) is 0 Å². The lowest BCUT2D eigenvalue weighted by atomic mass is 10.1. The molecule has 2 rings (SSSR count). The summed E-state index contributed by atoms with van der Waals surface area (Å²) in [6, 6.07) is 7.54. The van der Waals surface area contributed by atoms with Gasteiger partial charge in [0, 0.05) is 5.56 Å². The molecule has 0 saturated carbocycles. The third-order valence-corrected chi connectivity index (χ3v) is 3.69. The summed E-state index contributed by atoms with van der Waals surface area (Å²) in [5.41, 5.74) is 2.48. The van der Waals surface area contributed by atoms with Crippen molar-refractivity contribution in [2.24, 2.45) is 0 Å². The Morgan fingerprint density at radius 3 is 2.84 bits per heavy atom. The van der Waals surface area contributed by atoms with Gasteiger partial charge in [-0.05, 0) is 35.9 Å². The lowest BCUT2D eigenvalue weighted by Gasteiger charge is -2.00. The minimum absolute atomic E-state index is 0.515. The number of thioether (sulfide) groups is 1. The normalized spacial score (nSPS) is 10.7. The van der Waals surface area contributed by atoms with E-state index in [0.29, 0.717) is 22.5 Å². The Balaban J connectivity index is 2.21. The molecule has 2 aromatic rings. The lowest BCUT2D eigenvalue weighted by molar-refractivity contribution is 0.425. The summed E-state index contributed by atoms with van der Waals surface area (Å²) in [7, 11) is 0. The Kier molecular flexibility index (Phi) is 4.23. The summed E-state index contributed by atoms with van der Waals surface area (Å²) >= 11 is 1.78. The van der Waals surface area contributed by atoms with Gasteiger partial charge in [0.15, 0.2) is 5.82 Å². The zero-order chi connectivity index (χ0) is 13.8. The molecule has 0 amide bonds. The highest BCUT2D eigenvalue weighted by Gasteiger charge is 2.12. The van der Waals surface area contributed by atoms with E-state index in [1.165, 1.54) is 0 Å². The average molecular weight is 273 g/mol. The molecule has 1 aromatic heterocycles. The first kappa shape index (κ1) is 13.6. The van der Waals surface area contributed by atoms with Crippen LogP contribution in [0.3, 0.4) is 0 Å². The van der Waals surface area contributed by atoms with Gasteiger partial charge in [-0.25, -0.2) is 0 Å². The van der Waals surface area contributed by atoms with E-state index < -0.39 is 0 Å². The molecule has 0 aliphatic heterocycles. The Morgan fingerprint density at radius 2 is 2.21 bits per heavy atom. The van der Waals surface area contributed by atoms with Crippen LogP contribution in [0.25, 0.3) is 11.5 Å². The second-order valence-corrected chi connectivity index (χ2v) is 6.08. The maximum absolute atomic E-state index is 8.85. The van der Waals surface area contributed by atoms with Crippen LogP contribution in [0.2, 0.25) is 0 Å². The first-order valence-corrected chi connectivity index (χ1v) is 7.10. The van der Waals surface area contributed by atoms with E-state index >= 15 is 0 Å². The molecular formula is C14H15N3OS. The first-order chi connectivity index (χ1) is 9.10. The lowest BCUT2D eigenvalue weighted by Crippen LogP contribution is -1.91. The fourth-order valence-electron chi connectivity index (χ4n) is 1.64. The summed E-state index contributed by atoms with van der Waals surface area (Å²) < 4.78 is 5.28. The minimum atomic E-state index is 0.515. The monoisotopic (exact) mass is 273 g/mol.